The Morgan fingerprint density at radius 3 is 2.90 bits per heavy atom. The monoisotopic (exact) mass is 293 g/mol. The van der Waals surface area contributed by atoms with Crippen molar-refractivity contribution in [2.24, 2.45) is 17.9 Å². The van der Waals surface area contributed by atoms with Gasteiger partial charge in [0.15, 0.2) is 5.84 Å². The van der Waals surface area contributed by atoms with E-state index in [1.165, 1.54) is 16.0 Å². The number of hydrogen-bond donors (Lipinski definition) is 3. The van der Waals surface area contributed by atoms with Crippen molar-refractivity contribution in [3.63, 3.8) is 0 Å². The Bertz CT molecular complexity index is 632. The van der Waals surface area contributed by atoms with Crippen molar-refractivity contribution in [3.8, 4) is 0 Å². The third-order valence-electron chi connectivity index (χ3n) is 2.75. The molecular formula is C12H15N5O2S. The van der Waals surface area contributed by atoms with E-state index < -0.39 is 6.04 Å². The Morgan fingerprint density at radius 1 is 1.65 bits per heavy atom. The summed E-state index contributed by atoms with van der Waals surface area (Å²) in [5.74, 6) is -0.405. The van der Waals surface area contributed by atoms with Gasteiger partial charge < -0.3 is 16.3 Å². The molecule has 20 heavy (non-hydrogen) atoms. The summed E-state index contributed by atoms with van der Waals surface area (Å²) in [7, 11) is 1.69. The van der Waals surface area contributed by atoms with Gasteiger partial charge in [-0.3, -0.25) is 9.48 Å². The fourth-order valence-corrected chi connectivity index (χ4v) is 2.62. The van der Waals surface area contributed by atoms with Gasteiger partial charge in [0, 0.05) is 11.9 Å². The first kappa shape index (κ1) is 14.1. The van der Waals surface area contributed by atoms with Crippen molar-refractivity contribution in [1.29, 1.82) is 0 Å². The highest BCUT2D eigenvalue weighted by Gasteiger charge is 2.22. The molecule has 0 saturated carbocycles. The Labute approximate surface area is 119 Å². The van der Waals surface area contributed by atoms with E-state index in [2.05, 4.69) is 15.6 Å². The fraction of sp³-hybridized carbons (Fsp3) is 0.250. The van der Waals surface area contributed by atoms with E-state index in [1.807, 2.05) is 17.5 Å². The number of nitrogens with zero attached hydrogens (tertiary/aromatic N) is 3. The van der Waals surface area contributed by atoms with Crippen molar-refractivity contribution < 1.29 is 10.0 Å². The van der Waals surface area contributed by atoms with Crippen LogP contribution in [-0.4, -0.2) is 26.7 Å². The van der Waals surface area contributed by atoms with Crippen LogP contribution in [0.1, 0.15) is 27.1 Å². The molecule has 1 atom stereocenters. The van der Waals surface area contributed by atoms with Gasteiger partial charge in [-0.25, -0.2) is 0 Å². The van der Waals surface area contributed by atoms with E-state index in [0.717, 1.165) is 10.6 Å². The zero-order valence-corrected chi connectivity index (χ0v) is 11.9. The number of hydrogen-bond acceptors (Lipinski definition) is 5. The van der Waals surface area contributed by atoms with Gasteiger partial charge in [0.1, 0.15) is 11.7 Å². The van der Waals surface area contributed by atoms with Crippen molar-refractivity contribution in [1.82, 2.24) is 15.1 Å². The highest BCUT2D eigenvalue weighted by Crippen LogP contribution is 2.19. The lowest BCUT2D eigenvalue weighted by Gasteiger charge is -2.15. The molecule has 1 unspecified atom stereocenters. The number of aromatic nitrogens is 2. The molecule has 0 radical (unpaired) electrons. The Hall–Kier alpha value is -2.35. The molecule has 7 nitrogen and oxygen atoms in total. The van der Waals surface area contributed by atoms with Crippen LogP contribution in [0.4, 0.5) is 0 Å². The minimum atomic E-state index is -0.664. The summed E-state index contributed by atoms with van der Waals surface area (Å²) >= 11 is 1.41. The van der Waals surface area contributed by atoms with Gasteiger partial charge in [-0.05, 0) is 24.4 Å². The second kappa shape index (κ2) is 5.74. The molecule has 106 valence electrons. The number of nitrogens with one attached hydrogen (secondary N) is 1. The van der Waals surface area contributed by atoms with Crippen LogP contribution >= 0.6 is 11.3 Å². The average Bonchev–Trinajstić information content (AvgIpc) is 3.04. The molecule has 2 aromatic rings. The zero-order valence-electron chi connectivity index (χ0n) is 11.1. The van der Waals surface area contributed by atoms with Crippen molar-refractivity contribution in [3.05, 3.63) is 39.8 Å². The Kier molecular flexibility index (Phi) is 4.04. The van der Waals surface area contributed by atoms with Crippen LogP contribution in [0.25, 0.3) is 0 Å². The normalized spacial score (nSPS) is 13.2. The maximum Gasteiger partial charge on any atom is 0.270 e. The van der Waals surface area contributed by atoms with Gasteiger partial charge in [-0.1, -0.05) is 11.2 Å². The molecule has 4 N–H and O–H groups in total. The quantitative estimate of drug-likeness (QED) is 0.338. The van der Waals surface area contributed by atoms with Crippen LogP contribution in [0.15, 0.2) is 28.7 Å². The summed E-state index contributed by atoms with van der Waals surface area (Å²) in [5.41, 5.74) is 6.80. The summed E-state index contributed by atoms with van der Waals surface area (Å²) in [6, 6.07) is 4.65. The first-order valence-electron chi connectivity index (χ1n) is 5.85. The van der Waals surface area contributed by atoms with Gasteiger partial charge >= 0.3 is 0 Å². The van der Waals surface area contributed by atoms with E-state index in [9.17, 15) is 4.79 Å². The maximum absolute atomic E-state index is 12.2. The number of amides is 1. The molecule has 2 heterocycles. The molecule has 0 spiro atoms. The summed E-state index contributed by atoms with van der Waals surface area (Å²) in [4.78, 5) is 13.0. The van der Waals surface area contributed by atoms with E-state index in [-0.39, 0.29) is 11.7 Å². The number of nitrogens with two attached hydrogens (primary N) is 1. The third kappa shape index (κ3) is 2.80. The fourth-order valence-electron chi connectivity index (χ4n) is 1.83. The topological polar surface area (TPSA) is 106 Å². The van der Waals surface area contributed by atoms with E-state index in [4.69, 9.17) is 10.9 Å². The highest BCUT2D eigenvalue weighted by atomic mass is 32.1. The SMILES string of the molecule is Cc1cc(C(=O)NC(C(N)=NO)c2cccs2)n(C)n1. The molecule has 0 bridgehead atoms. The lowest BCUT2D eigenvalue weighted by atomic mass is 10.2. The van der Waals surface area contributed by atoms with Crippen LogP contribution in [0, 0.1) is 6.92 Å². The van der Waals surface area contributed by atoms with Crippen molar-refractivity contribution in [2.45, 2.75) is 13.0 Å². The molecule has 0 aromatic carbocycles. The van der Waals surface area contributed by atoms with E-state index in [1.54, 1.807) is 20.0 Å². The first-order valence-corrected chi connectivity index (χ1v) is 6.73. The molecule has 0 aliphatic carbocycles. The third-order valence-corrected chi connectivity index (χ3v) is 3.69. The Balaban J connectivity index is 2.25. The van der Waals surface area contributed by atoms with Crippen molar-refractivity contribution >= 4 is 23.1 Å². The number of amidine groups is 1. The molecule has 8 heteroatoms. The smallest absolute Gasteiger partial charge is 0.270 e. The van der Waals surface area contributed by atoms with E-state index >= 15 is 0 Å². The Morgan fingerprint density at radius 2 is 2.40 bits per heavy atom. The van der Waals surface area contributed by atoms with Crippen molar-refractivity contribution in [2.75, 3.05) is 0 Å². The minimum Gasteiger partial charge on any atom is -0.409 e. The highest BCUT2D eigenvalue weighted by molar-refractivity contribution is 7.10. The second-order valence-electron chi connectivity index (χ2n) is 4.24. The molecular weight excluding hydrogens is 278 g/mol. The second-order valence-corrected chi connectivity index (χ2v) is 5.22. The van der Waals surface area contributed by atoms with Gasteiger partial charge in [0.25, 0.3) is 5.91 Å². The predicted octanol–water partition coefficient (Wildman–Crippen LogP) is 1.01. The maximum atomic E-state index is 12.2. The average molecular weight is 293 g/mol. The van der Waals surface area contributed by atoms with Crippen LogP contribution < -0.4 is 11.1 Å². The van der Waals surface area contributed by atoms with Crippen LogP contribution in [0.3, 0.4) is 0 Å². The van der Waals surface area contributed by atoms with E-state index in [0.29, 0.717) is 5.69 Å². The van der Waals surface area contributed by atoms with Gasteiger partial charge in [-0.2, -0.15) is 5.10 Å². The number of oxime groups is 1. The lowest BCUT2D eigenvalue weighted by molar-refractivity contribution is 0.0937. The number of carbonyl (C=O) groups excluding carboxylic acids is 1. The van der Waals surface area contributed by atoms with Crippen LogP contribution in [0.2, 0.25) is 0 Å². The standard InChI is InChI=1S/C12H15N5O2S/c1-7-6-8(17(2)15-7)12(18)14-10(11(13)16-19)9-4-3-5-20-9/h3-6,10,19H,1-2H3,(H2,13,16)(H,14,18). The zero-order chi connectivity index (χ0) is 14.7. The number of thiophene rings is 1. The summed E-state index contributed by atoms with van der Waals surface area (Å²) in [5, 5.41) is 20.5. The largest absolute Gasteiger partial charge is 0.409 e. The molecule has 0 aliphatic heterocycles. The lowest BCUT2D eigenvalue weighted by Crippen LogP contribution is -2.38. The minimum absolute atomic E-state index is 0.0697. The predicted molar refractivity (Wildman–Crippen MR) is 75.9 cm³/mol. The summed E-state index contributed by atoms with van der Waals surface area (Å²) in [6.07, 6.45) is 0. The molecule has 0 fully saturated rings. The van der Waals surface area contributed by atoms with Gasteiger partial charge in [-0.15, -0.1) is 11.3 Å². The number of carbonyl (C=O) groups is 1. The van der Waals surface area contributed by atoms with Gasteiger partial charge in [0.2, 0.25) is 0 Å². The molecule has 0 aliphatic rings. The first-order chi connectivity index (χ1) is 9.52. The molecule has 2 aromatic heterocycles. The molecule has 0 saturated heterocycles. The number of rotatable bonds is 4. The van der Waals surface area contributed by atoms with Crippen LogP contribution in [-0.2, 0) is 7.05 Å². The molecule has 1 amide bonds. The summed E-state index contributed by atoms with van der Waals surface area (Å²) < 4.78 is 1.49. The molecule has 2 rings (SSSR count). The summed E-state index contributed by atoms with van der Waals surface area (Å²) in [6.45, 7) is 1.80. The van der Waals surface area contributed by atoms with Crippen LogP contribution in [0.5, 0.6) is 0 Å². The van der Waals surface area contributed by atoms with Gasteiger partial charge in [0.05, 0.1) is 5.69 Å². The number of aryl methyl sites for hydroxylation is 2.